The highest BCUT2D eigenvalue weighted by molar-refractivity contribution is 5.82. The number of nitrogens with zero attached hydrogens (tertiary/aromatic N) is 2. The Kier molecular flexibility index (Phi) is 4.80. The number of hydrogen-bond donors (Lipinski definition) is 3. The number of anilines is 1. The molecule has 7 nitrogen and oxygen atoms in total. The summed E-state index contributed by atoms with van der Waals surface area (Å²) >= 11 is 0. The minimum Gasteiger partial charge on any atom is -0.480 e. The van der Waals surface area contributed by atoms with Gasteiger partial charge in [-0.25, -0.2) is 4.98 Å². The molecule has 1 unspecified atom stereocenters. The Balaban J connectivity index is 1.16. The molecule has 0 radical (unpaired) electrons. The molecule has 7 heteroatoms. The van der Waals surface area contributed by atoms with Crippen molar-refractivity contribution in [3.63, 3.8) is 0 Å². The molecule has 3 N–H and O–H groups in total. The summed E-state index contributed by atoms with van der Waals surface area (Å²) in [5.74, 6) is 1.15. The second-order valence-electron chi connectivity index (χ2n) is 7.68. The van der Waals surface area contributed by atoms with Gasteiger partial charge >= 0.3 is 5.97 Å². The molecule has 2 fully saturated rings. The first kappa shape index (κ1) is 17.3. The van der Waals surface area contributed by atoms with Crippen LogP contribution in [0.2, 0.25) is 0 Å². The minimum absolute atomic E-state index is 0.0873. The fraction of sp³-hybridized carbons (Fsp3) is 0.632. The molecule has 0 bridgehead atoms. The third kappa shape index (κ3) is 3.67. The Bertz CT molecular complexity index is 696. The van der Waals surface area contributed by atoms with Gasteiger partial charge in [0.2, 0.25) is 5.91 Å². The van der Waals surface area contributed by atoms with Crippen LogP contribution in [0.5, 0.6) is 0 Å². The van der Waals surface area contributed by atoms with Crippen LogP contribution >= 0.6 is 0 Å². The van der Waals surface area contributed by atoms with Crippen molar-refractivity contribution < 1.29 is 14.7 Å². The van der Waals surface area contributed by atoms with Gasteiger partial charge in [0.1, 0.15) is 5.82 Å². The van der Waals surface area contributed by atoms with Gasteiger partial charge in [-0.1, -0.05) is 6.07 Å². The van der Waals surface area contributed by atoms with Gasteiger partial charge in [0.15, 0.2) is 0 Å². The normalized spacial score (nSPS) is 26.5. The lowest BCUT2D eigenvalue weighted by Gasteiger charge is -2.17. The van der Waals surface area contributed by atoms with E-state index < -0.39 is 5.97 Å². The van der Waals surface area contributed by atoms with Gasteiger partial charge in [-0.2, -0.15) is 0 Å². The molecule has 1 saturated carbocycles. The smallest absolute Gasteiger partial charge is 0.317 e. The molecule has 1 aromatic heterocycles. The summed E-state index contributed by atoms with van der Waals surface area (Å²) in [5, 5.41) is 15.2. The number of fused-ring (bicyclic) bond motifs is 2. The zero-order chi connectivity index (χ0) is 18.1. The molecule has 1 aliphatic carbocycles. The standard InChI is InChI=1S/C19H26N4O3/c24-16(25)11-23-9-14-15(10-23)17(14)19(26)21-8-2-4-13-6-5-12-3-1-7-20-18(12)22-13/h5-6,14-15,17H,1-4,7-11H2,(H,20,22)(H,21,26)(H,24,25)/t14-,15+,17?. The number of carboxylic acid groups (broad SMARTS) is 1. The number of carboxylic acids is 1. The van der Waals surface area contributed by atoms with Gasteiger partial charge in [-0.3, -0.25) is 14.5 Å². The number of carbonyl (C=O) groups excluding carboxylic acids is 1. The first-order chi connectivity index (χ1) is 12.6. The van der Waals surface area contributed by atoms with Crippen LogP contribution in [-0.4, -0.2) is 59.6 Å². The highest BCUT2D eigenvalue weighted by Crippen LogP contribution is 2.51. The summed E-state index contributed by atoms with van der Waals surface area (Å²) in [7, 11) is 0. The van der Waals surface area contributed by atoms with E-state index in [-0.39, 0.29) is 18.4 Å². The maximum absolute atomic E-state index is 12.3. The van der Waals surface area contributed by atoms with E-state index in [1.165, 1.54) is 5.56 Å². The first-order valence-corrected chi connectivity index (χ1v) is 9.56. The van der Waals surface area contributed by atoms with Crippen LogP contribution in [0.3, 0.4) is 0 Å². The number of hydrogen-bond acceptors (Lipinski definition) is 5. The number of aryl methyl sites for hydroxylation is 2. The monoisotopic (exact) mass is 358 g/mol. The maximum atomic E-state index is 12.3. The lowest BCUT2D eigenvalue weighted by atomic mass is 10.1. The topological polar surface area (TPSA) is 94.6 Å². The predicted molar refractivity (Wildman–Crippen MR) is 96.9 cm³/mol. The third-order valence-corrected chi connectivity index (χ3v) is 5.79. The van der Waals surface area contributed by atoms with Crippen molar-refractivity contribution in [1.82, 2.24) is 15.2 Å². The second kappa shape index (κ2) is 7.23. The number of amides is 1. The Hall–Kier alpha value is -2.15. The molecule has 26 heavy (non-hydrogen) atoms. The highest BCUT2D eigenvalue weighted by atomic mass is 16.4. The van der Waals surface area contributed by atoms with Crippen molar-refractivity contribution in [1.29, 1.82) is 0 Å². The summed E-state index contributed by atoms with van der Waals surface area (Å²) < 4.78 is 0. The lowest BCUT2D eigenvalue weighted by molar-refractivity contribution is -0.138. The lowest BCUT2D eigenvalue weighted by Crippen LogP contribution is -2.34. The van der Waals surface area contributed by atoms with Crippen molar-refractivity contribution >= 4 is 17.7 Å². The number of nitrogens with one attached hydrogen (secondary N) is 2. The molecule has 3 heterocycles. The molecular weight excluding hydrogens is 332 g/mol. The number of aromatic nitrogens is 1. The van der Waals surface area contributed by atoms with E-state index >= 15 is 0 Å². The Morgan fingerprint density at radius 3 is 2.88 bits per heavy atom. The number of piperidine rings is 1. The van der Waals surface area contributed by atoms with E-state index in [0.29, 0.717) is 18.4 Å². The average Bonchev–Trinajstić information content (AvgIpc) is 3.14. The number of aliphatic carboxylic acids is 1. The van der Waals surface area contributed by atoms with E-state index in [0.717, 1.165) is 56.8 Å². The molecule has 3 aliphatic rings. The van der Waals surface area contributed by atoms with Gasteiger partial charge < -0.3 is 15.7 Å². The molecule has 1 amide bonds. The predicted octanol–water partition coefficient (Wildman–Crippen LogP) is 0.751. The zero-order valence-corrected chi connectivity index (χ0v) is 14.9. The summed E-state index contributed by atoms with van der Waals surface area (Å²) in [6, 6.07) is 4.26. The van der Waals surface area contributed by atoms with Crippen molar-refractivity contribution in [2.45, 2.75) is 25.7 Å². The number of rotatable bonds is 7. The minimum atomic E-state index is -0.793. The van der Waals surface area contributed by atoms with E-state index in [2.05, 4.69) is 27.8 Å². The largest absolute Gasteiger partial charge is 0.480 e. The van der Waals surface area contributed by atoms with Gasteiger partial charge in [-0.15, -0.1) is 0 Å². The average molecular weight is 358 g/mol. The van der Waals surface area contributed by atoms with Gasteiger partial charge in [0, 0.05) is 37.8 Å². The quantitative estimate of drug-likeness (QED) is 0.623. The van der Waals surface area contributed by atoms with E-state index in [1.54, 1.807) is 0 Å². The Labute approximate surface area is 153 Å². The highest BCUT2D eigenvalue weighted by Gasteiger charge is 2.59. The van der Waals surface area contributed by atoms with E-state index in [9.17, 15) is 9.59 Å². The summed E-state index contributed by atoms with van der Waals surface area (Å²) in [6.07, 6.45) is 4.00. The molecule has 1 aromatic rings. The number of carbonyl (C=O) groups is 2. The summed E-state index contributed by atoms with van der Waals surface area (Å²) in [4.78, 5) is 29.6. The summed E-state index contributed by atoms with van der Waals surface area (Å²) in [6.45, 7) is 3.22. The fourth-order valence-electron chi connectivity index (χ4n) is 4.43. The molecule has 0 spiro atoms. The molecule has 140 valence electrons. The molecule has 4 rings (SSSR count). The number of pyridine rings is 1. The number of likely N-dealkylation sites (tertiary alicyclic amines) is 1. The van der Waals surface area contributed by atoms with Gasteiger partial charge in [0.05, 0.1) is 6.54 Å². The van der Waals surface area contributed by atoms with Crippen LogP contribution in [-0.2, 0) is 22.4 Å². The van der Waals surface area contributed by atoms with Crippen LogP contribution in [0.1, 0.15) is 24.1 Å². The van der Waals surface area contributed by atoms with Crippen molar-refractivity contribution in [3.05, 3.63) is 23.4 Å². The molecule has 3 atom stereocenters. The van der Waals surface area contributed by atoms with Crippen LogP contribution in [0, 0.1) is 17.8 Å². The third-order valence-electron chi connectivity index (χ3n) is 5.79. The van der Waals surface area contributed by atoms with Gasteiger partial charge in [-0.05, 0) is 49.1 Å². The van der Waals surface area contributed by atoms with Crippen molar-refractivity contribution in [2.24, 2.45) is 17.8 Å². The van der Waals surface area contributed by atoms with Crippen LogP contribution in [0.4, 0.5) is 5.82 Å². The van der Waals surface area contributed by atoms with Crippen molar-refractivity contribution in [2.75, 3.05) is 38.0 Å². The maximum Gasteiger partial charge on any atom is 0.317 e. The molecular formula is C19H26N4O3. The first-order valence-electron chi connectivity index (χ1n) is 9.56. The SMILES string of the molecule is O=C(O)CN1C[C@@H]2C(C(=O)NCCCc3ccc4c(n3)NCCC4)[C@@H]2C1. The van der Waals surface area contributed by atoms with Crippen LogP contribution in [0.15, 0.2) is 12.1 Å². The van der Waals surface area contributed by atoms with E-state index in [1.807, 2.05) is 4.90 Å². The summed E-state index contributed by atoms with van der Waals surface area (Å²) in [5.41, 5.74) is 2.37. The van der Waals surface area contributed by atoms with Crippen LogP contribution in [0.25, 0.3) is 0 Å². The van der Waals surface area contributed by atoms with E-state index in [4.69, 9.17) is 5.11 Å². The van der Waals surface area contributed by atoms with Crippen molar-refractivity contribution in [3.8, 4) is 0 Å². The van der Waals surface area contributed by atoms with Crippen LogP contribution < -0.4 is 10.6 Å². The Morgan fingerprint density at radius 1 is 1.31 bits per heavy atom. The van der Waals surface area contributed by atoms with Gasteiger partial charge in [0.25, 0.3) is 0 Å². The molecule has 1 saturated heterocycles. The Morgan fingerprint density at radius 2 is 2.12 bits per heavy atom. The fourth-order valence-corrected chi connectivity index (χ4v) is 4.43. The second-order valence-corrected chi connectivity index (χ2v) is 7.68. The molecule has 0 aromatic carbocycles. The molecule has 2 aliphatic heterocycles. The zero-order valence-electron chi connectivity index (χ0n) is 14.9.